The summed E-state index contributed by atoms with van der Waals surface area (Å²) in [5, 5.41) is 7.85. The SMILES string of the molecule is CCCCCCC[C@@H]1N=NC(=S)O1. The van der Waals surface area contributed by atoms with Crippen LogP contribution in [0.1, 0.15) is 45.4 Å². The van der Waals surface area contributed by atoms with Crippen LogP contribution < -0.4 is 0 Å². The van der Waals surface area contributed by atoms with Crippen molar-refractivity contribution in [3.8, 4) is 0 Å². The monoisotopic (exact) mass is 200 g/mol. The van der Waals surface area contributed by atoms with Crippen molar-refractivity contribution in [1.29, 1.82) is 0 Å². The first-order chi connectivity index (χ1) is 6.33. The van der Waals surface area contributed by atoms with E-state index in [4.69, 9.17) is 17.0 Å². The van der Waals surface area contributed by atoms with E-state index in [1.165, 1.54) is 25.7 Å². The van der Waals surface area contributed by atoms with E-state index in [0.717, 1.165) is 12.8 Å². The van der Waals surface area contributed by atoms with Gasteiger partial charge in [0.15, 0.2) is 0 Å². The molecule has 1 aliphatic heterocycles. The third-order valence-electron chi connectivity index (χ3n) is 2.06. The molecule has 1 rings (SSSR count). The molecule has 0 unspecified atom stereocenters. The third-order valence-corrected chi connectivity index (χ3v) is 2.24. The van der Waals surface area contributed by atoms with Crippen molar-refractivity contribution >= 4 is 17.4 Å². The molecule has 4 heteroatoms. The number of unbranched alkanes of at least 4 members (excludes halogenated alkanes) is 4. The van der Waals surface area contributed by atoms with Crippen LogP contribution in [0, 0.1) is 0 Å². The summed E-state index contributed by atoms with van der Waals surface area (Å²) in [6.45, 7) is 2.22. The first-order valence-electron chi connectivity index (χ1n) is 4.94. The Morgan fingerprint density at radius 3 is 2.69 bits per heavy atom. The molecule has 74 valence electrons. The van der Waals surface area contributed by atoms with Crippen molar-refractivity contribution in [2.75, 3.05) is 0 Å². The van der Waals surface area contributed by atoms with Crippen molar-refractivity contribution in [2.24, 2.45) is 10.2 Å². The second-order valence-electron chi connectivity index (χ2n) is 3.26. The average molecular weight is 200 g/mol. The largest absolute Gasteiger partial charge is 0.441 e. The van der Waals surface area contributed by atoms with Crippen molar-refractivity contribution in [2.45, 2.75) is 51.7 Å². The molecule has 0 N–H and O–H groups in total. The first kappa shape index (κ1) is 10.6. The minimum absolute atomic E-state index is 0.0888. The quantitative estimate of drug-likeness (QED) is 0.486. The minimum atomic E-state index is -0.0888. The summed E-state index contributed by atoms with van der Waals surface area (Å²) >= 11 is 4.73. The van der Waals surface area contributed by atoms with Gasteiger partial charge in [-0.15, -0.1) is 10.2 Å². The highest BCUT2D eigenvalue weighted by molar-refractivity contribution is 7.80. The van der Waals surface area contributed by atoms with Gasteiger partial charge in [-0.25, -0.2) is 0 Å². The van der Waals surface area contributed by atoms with E-state index in [0.29, 0.717) is 5.17 Å². The normalized spacial score (nSPS) is 20.7. The molecule has 0 radical (unpaired) electrons. The Labute approximate surface area is 84.6 Å². The topological polar surface area (TPSA) is 34.0 Å². The van der Waals surface area contributed by atoms with Gasteiger partial charge in [0, 0.05) is 6.42 Å². The summed E-state index contributed by atoms with van der Waals surface area (Å²) in [4.78, 5) is 0. The molecule has 1 heterocycles. The zero-order chi connectivity index (χ0) is 9.52. The van der Waals surface area contributed by atoms with Crippen LogP contribution in [0.5, 0.6) is 0 Å². The average Bonchev–Trinajstić information content (AvgIpc) is 2.51. The second-order valence-corrected chi connectivity index (χ2v) is 3.61. The number of rotatable bonds is 6. The van der Waals surface area contributed by atoms with Gasteiger partial charge in [-0.05, 0) is 18.6 Å². The van der Waals surface area contributed by atoms with Crippen molar-refractivity contribution in [3.63, 3.8) is 0 Å². The van der Waals surface area contributed by atoms with Gasteiger partial charge >= 0.3 is 5.17 Å². The molecule has 0 bridgehead atoms. The summed E-state index contributed by atoms with van der Waals surface area (Å²) in [6.07, 6.45) is 7.20. The molecular formula is C9H16N2OS. The van der Waals surface area contributed by atoms with Gasteiger partial charge in [-0.1, -0.05) is 32.6 Å². The van der Waals surface area contributed by atoms with Gasteiger partial charge in [-0.2, -0.15) is 0 Å². The highest BCUT2D eigenvalue weighted by Gasteiger charge is 2.15. The summed E-state index contributed by atoms with van der Waals surface area (Å²) in [7, 11) is 0. The third kappa shape index (κ3) is 4.31. The van der Waals surface area contributed by atoms with Crippen molar-refractivity contribution in [3.05, 3.63) is 0 Å². The maximum absolute atomic E-state index is 5.17. The Balaban J connectivity index is 1.95. The van der Waals surface area contributed by atoms with Crippen LogP contribution in [0.2, 0.25) is 0 Å². The van der Waals surface area contributed by atoms with Crippen LogP contribution in [-0.4, -0.2) is 11.4 Å². The summed E-state index contributed by atoms with van der Waals surface area (Å²) in [6, 6.07) is 0. The number of thiocarbonyl (C=S) groups is 1. The van der Waals surface area contributed by atoms with E-state index in [9.17, 15) is 0 Å². The predicted molar refractivity (Wildman–Crippen MR) is 55.7 cm³/mol. The molecule has 0 aliphatic carbocycles. The summed E-state index contributed by atoms with van der Waals surface area (Å²) in [5.41, 5.74) is 0. The van der Waals surface area contributed by atoms with E-state index in [-0.39, 0.29) is 6.23 Å². The number of nitrogens with zero attached hydrogens (tertiary/aromatic N) is 2. The molecule has 0 spiro atoms. The zero-order valence-electron chi connectivity index (χ0n) is 8.03. The lowest BCUT2D eigenvalue weighted by Gasteiger charge is -2.04. The molecule has 0 amide bonds. The van der Waals surface area contributed by atoms with Crippen LogP contribution in [0.4, 0.5) is 0 Å². The molecule has 0 fully saturated rings. The Kier molecular flexibility index (Phi) is 4.90. The van der Waals surface area contributed by atoms with Crippen molar-refractivity contribution in [1.82, 2.24) is 0 Å². The van der Waals surface area contributed by atoms with Crippen molar-refractivity contribution < 1.29 is 4.74 Å². The number of azo groups is 1. The van der Waals surface area contributed by atoms with Gasteiger partial charge in [-0.3, -0.25) is 0 Å². The van der Waals surface area contributed by atoms with Gasteiger partial charge < -0.3 is 4.74 Å². The standard InChI is InChI=1S/C9H16N2OS/c1-2-3-4-5-6-7-8-10-11-9(13)12-8/h8H,2-7H2,1H3/t8-/m1/s1. The Hall–Kier alpha value is -0.510. The van der Waals surface area contributed by atoms with E-state index in [1.807, 2.05) is 0 Å². The Bertz CT molecular complexity index is 194. The molecule has 1 aliphatic rings. The van der Waals surface area contributed by atoms with E-state index >= 15 is 0 Å². The molecule has 0 saturated heterocycles. The van der Waals surface area contributed by atoms with Crippen LogP contribution in [-0.2, 0) is 4.74 Å². The highest BCUT2D eigenvalue weighted by atomic mass is 32.1. The van der Waals surface area contributed by atoms with Gasteiger partial charge in [0.1, 0.15) is 0 Å². The number of ether oxygens (including phenoxy) is 1. The molecule has 0 saturated carbocycles. The van der Waals surface area contributed by atoms with Crippen LogP contribution in [0.3, 0.4) is 0 Å². The fourth-order valence-electron chi connectivity index (χ4n) is 1.31. The molecular weight excluding hydrogens is 184 g/mol. The highest BCUT2D eigenvalue weighted by Crippen LogP contribution is 2.15. The zero-order valence-corrected chi connectivity index (χ0v) is 8.85. The Morgan fingerprint density at radius 1 is 1.31 bits per heavy atom. The molecule has 1 atom stereocenters. The second kappa shape index (κ2) is 6.02. The first-order valence-corrected chi connectivity index (χ1v) is 5.35. The molecule has 0 aromatic rings. The van der Waals surface area contributed by atoms with Gasteiger partial charge in [0.25, 0.3) is 0 Å². The van der Waals surface area contributed by atoms with Crippen LogP contribution >= 0.6 is 12.2 Å². The fourth-order valence-corrected chi connectivity index (χ4v) is 1.47. The Morgan fingerprint density at radius 2 is 2.08 bits per heavy atom. The van der Waals surface area contributed by atoms with E-state index in [2.05, 4.69) is 17.2 Å². The lowest BCUT2D eigenvalue weighted by atomic mass is 10.1. The predicted octanol–water partition coefficient (Wildman–Crippen LogP) is 3.44. The van der Waals surface area contributed by atoms with Gasteiger partial charge in [0.05, 0.1) is 0 Å². The summed E-state index contributed by atoms with van der Waals surface area (Å²) in [5.74, 6) is 0. The number of hydrogen-bond acceptors (Lipinski definition) is 3. The van der Waals surface area contributed by atoms with E-state index in [1.54, 1.807) is 0 Å². The van der Waals surface area contributed by atoms with Gasteiger partial charge in [0.2, 0.25) is 6.23 Å². The molecule has 3 nitrogen and oxygen atoms in total. The molecule has 0 aromatic carbocycles. The van der Waals surface area contributed by atoms with Crippen LogP contribution in [0.15, 0.2) is 10.2 Å². The molecule has 13 heavy (non-hydrogen) atoms. The van der Waals surface area contributed by atoms with Crippen LogP contribution in [0.25, 0.3) is 0 Å². The maximum atomic E-state index is 5.17. The number of hydrogen-bond donors (Lipinski definition) is 0. The minimum Gasteiger partial charge on any atom is -0.441 e. The molecule has 0 aromatic heterocycles. The lowest BCUT2D eigenvalue weighted by molar-refractivity contribution is 0.205. The maximum Gasteiger partial charge on any atom is 0.304 e. The summed E-state index contributed by atoms with van der Waals surface area (Å²) < 4.78 is 5.17. The smallest absolute Gasteiger partial charge is 0.304 e. The fraction of sp³-hybridized carbons (Fsp3) is 0.889. The lowest BCUT2D eigenvalue weighted by Crippen LogP contribution is -2.05. The van der Waals surface area contributed by atoms with E-state index < -0.39 is 0 Å².